The van der Waals surface area contributed by atoms with Crippen LogP contribution in [0.2, 0.25) is 0 Å². The number of rotatable bonds is 8. The number of halogens is 1. The summed E-state index contributed by atoms with van der Waals surface area (Å²) < 4.78 is 12.2. The molecule has 0 spiro atoms. The molecular formula is C24H21BrN8O4. The molecule has 13 heteroatoms. The van der Waals surface area contributed by atoms with Gasteiger partial charge >= 0.3 is 0 Å². The lowest BCUT2D eigenvalue weighted by atomic mass is 10.1. The molecule has 12 nitrogen and oxygen atoms in total. The highest BCUT2D eigenvalue weighted by atomic mass is 79.9. The van der Waals surface area contributed by atoms with E-state index in [0.29, 0.717) is 55.3 Å². The second-order valence-electron chi connectivity index (χ2n) is 7.89. The molecule has 0 amide bonds. The molecule has 0 saturated carbocycles. The van der Waals surface area contributed by atoms with Gasteiger partial charge in [0.2, 0.25) is 17.8 Å². The SMILES string of the molecule is O=[N+]([O-])c1ccc(-c2ccc(C=NNc3nc(Nc4cccc(Br)c4)nc(N4CCOCC4)n3)o2)cc1. The van der Waals surface area contributed by atoms with E-state index < -0.39 is 4.92 Å². The predicted molar refractivity (Wildman–Crippen MR) is 142 cm³/mol. The van der Waals surface area contributed by atoms with Gasteiger partial charge < -0.3 is 19.4 Å². The van der Waals surface area contributed by atoms with Gasteiger partial charge in [-0.3, -0.25) is 10.1 Å². The zero-order chi connectivity index (χ0) is 25.6. The number of anilines is 4. The maximum atomic E-state index is 10.9. The molecule has 1 aliphatic heterocycles. The van der Waals surface area contributed by atoms with Crippen molar-refractivity contribution in [3.8, 4) is 11.3 Å². The smallest absolute Gasteiger partial charge is 0.269 e. The van der Waals surface area contributed by atoms with Gasteiger partial charge in [0.05, 0.1) is 24.4 Å². The molecule has 2 aromatic heterocycles. The van der Waals surface area contributed by atoms with Crippen molar-refractivity contribution >= 4 is 51.4 Å². The summed E-state index contributed by atoms with van der Waals surface area (Å²) in [6.45, 7) is 2.52. The third kappa shape index (κ3) is 6.26. The lowest BCUT2D eigenvalue weighted by Gasteiger charge is -2.27. The summed E-state index contributed by atoms with van der Waals surface area (Å²) in [7, 11) is 0. The maximum absolute atomic E-state index is 10.9. The molecule has 0 radical (unpaired) electrons. The quantitative estimate of drug-likeness (QED) is 0.173. The molecule has 188 valence electrons. The molecule has 0 aliphatic carbocycles. The number of nitrogens with one attached hydrogen (secondary N) is 2. The van der Waals surface area contributed by atoms with Crippen molar-refractivity contribution in [2.75, 3.05) is 41.9 Å². The van der Waals surface area contributed by atoms with Crippen LogP contribution in [-0.4, -0.2) is 52.4 Å². The first-order valence-corrected chi connectivity index (χ1v) is 12.1. The highest BCUT2D eigenvalue weighted by molar-refractivity contribution is 9.10. The van der Waals surface area contributed by atoms with Gasteiger partial charge in [-0.25, -0.2) is 5.43 Å². The topological polar surface area (TPSA) is 144 Å². The zero-order valence-electron chi connectivity index (χ0n) is 19.4. The van der Waals surface area contributed by atoms with Crippen molar-refractivity contribution in [2.24, 2.45) is 5.10 Å². The van der Waals surface area contributed by atoms with Crippen LogP contribution in [-0.2, 0) is 4.74 Å². The summed E-state index contributed by atoms with van der Waals surface area (Å²) >= 11 is 3.47. The van der Waals surface area contributed by atoms with Gasteiger partial charge in [0.25, 0.3) is 5.69 Å². The van der Waals surface area contributed by atoms with Crippen LogP contribution in [0.3, 0.4) is 0 Å². The summed E-state index contributed by atoms with van der Waals surface area (Å²) in [5.41, 5.74) is 4.40. The highest BCUT2D eigenvalue weighted by Crippen LogP contribution is 2.24. The molecule has 1 fully saturated rings. The Morgan fingerprint density at radius 1 is 1.03 bits per heavy atom. The van der Waals surface area contributed by atoms with E-state index >= 15 is 0 Å². The van der Waals surface area contributed by atoms with Gasteiger partial charge in [-0.15, -0.1) is 0 Å². The molecule has 4 aromatic rings. The number of ether oxygens (including phenoxy) is 1. The number of furan rings is 1. The number of aromatic nitrogens is 3. The molecular weight excluding hydrogens is 544 g/mol. The minimum atomic E-state index is -0.443. The number of nitro benzene ring substituents is 1. The number of hydrazone groups is 1. The second-order valence-corrected chi connectivity index (χ2v) is 8.81. The van der Waals surface area contributed by atoms with E-state index in [-0.39, 0.29) is 11.6 Å². The third-order valence-electron chi connectivity index (χ3n) is 5.34. The van der Waals surface area contributed by atoms with Crippen molar-refractivity contribution < 1.29 is 14.1 Å². The number of nitrogens with zero attached hydrogens (tertiary/aromatic N) is 6. The molecule has 0 atom stereocenters. The summed E-state index contributed by atoms with van der Waals surface area (Å²) in [6, 6.07) is 17.3. The standard InChI is InChI=1S/C24H21BrN8O4/c25-17-2-1-3-18(14-17)27-22-28-23(30-24(29-22)32-10-12-36-13-11-32)31-26-15-20-8-9-21(37-20)16-4-6-19(7-5-16)33(34)35/h1-9,14-15H,10-13H2,(H2,27,28,29,30,31). The van der Waals surface area contributed by atoms with Crippen LogP contribution in [0.25, 0.3) is 11.3 Å². The van der Waals surface area contributed by atoms with Gasteiger partial charge in [0.15, 0.2) is 0 Å². The fourth-order valence-corrected chi connectivity index (χ4v) is 3.95. The van der Waals surface area contributed by atoms with Crippen LogP contribution < -0.4 is 15.6 Å². The Balaban J connectivity index is 1.32. The van der Waals surface area contributed by atoms with Crippen LogP contribution in [0.15, 0.2) is 74.7 Å². The first-order valence-electron chi connectivity index (χ1n) is 11.3. The second kappa shape index (κ2) is 11.1. The number of hydrogen-bond donors (Lipinski definition) is 2. The summed E-state index contributed by atoms with van der Waals surface area (Å²) in [5, 5.41) is 18.3. The minimum absolute atomic E-state index is 0.0175. The Morgan fingerprint density at radius 2 is 1.81 bits per heavy atom. The summed E-state index contributed by atoms with van der Waals surface area (Å²) in [4.78, 5) is 26.0. The van der Waals surface area contributed by atoms with Crippen LogP contribution in [0.4, 0.5) is 29.2 Å². The Bertz CT molecular complexity index is 1420. The molecule has 2 aromatic carbocycles. The maximum Gasteiger partial charge on any atom is 0.269 e. The minimum Gasteiger partial charge on any atom is -0.455 e. The van der Waals surface area contributed by atoms with E-state index in [1.165, 1.54) is 18.3 Å². The normalized spacial score (nSPS) is 13.6. The summed E-state index contributed by atoms with van der Waals surface area (Å²) in [5.74, 6) is 2.17. The molecule has 37 heavy (non-hydrogen) atoms. The first kappa shape index (κ1) is 24.3. The average molecular weight is 565 g/mol. The molecule has 3 heterocycles. The van der Waals surface area contributed by atoms with Gasteiger partial charge in [-0.2, -0.15) is 20.1 Å². The predicted octanol–water partition coefficient (Wildman–Crippen LogP) is 4.83. The van der Waals surface area contributed by atoms with Gasteiger partial charge in [-0.05, 0) is 42.5 Å². The Labute approximate surface area is 219 Å². The molecule has 5 rings (SSSR count). The number of benzene rings is 2. The van der Waals surface area contributed by atoms with Crippen molar-refractivity contribution in [3.05, 3.63) is 81.0 Å². The van der Waals surface area contributed by atoms with Crippen LogP contribution in [0.1, 0.15) is 5.76 Å². The summed E-state index contributed by atoms with van der Waals surface area (Å²) in [6.07, 6.45) is 1.49. The molecule has 1 aliphatic rings. The van der Waals surface area contributed by atoms with Crippen LogP contribution in [0.5, 0.6) is 0 Å². The lowest BCUT2D eigenvalue weighted by Crippen LogP contribution is -2.37. The van der Waals surface area contributed by atoms with Gasteiger partial charge in [-0.1, -0.05) is 22.0 Å². The first-order chi connectivity index (χ1) is 18.0. The monoisotopic (exact) mass is 564 g/mol. The Morgan fingerprint density at radius 3 is 2.57 bits per heavy atom. The highest BCUT2D eigenvalue weighted by Gasteiger charge is 2.17. The molecule has 0 bridgehead atoms. The van der Waals surface area contributed by atoms with Crippen molar-refractivity contribution in [1.82, 2.24) is 15.0 Å². The van der Waals surface area contributed by atoms with Crippen LogP contribution in [0, 0.1) is 10.1 Å². The van der Waals surface area contributed by atoms with Crippen molar-refractivity contribution in [1.29, 1.82) is 0 Å². The molecule has 2 N–H and O–H groups in total. The van der Waals surface area contributed by atoms with E-state index in [0.717, 1.165) is 10.2 Å². The van der Waals surface area contributed by atoms with E-state index in [4.69, 9.17) is 9.15 Å². The number of morpholine rings is 1. The third-order valence-corrected chi connectivity index (χ3v) is 5.84. The van der Waals surface area contributed by atoms with E-state index in [1.807, 2.05) is 29.2 Å². The molecule has 0 unspecified atom stereocenters. The van der Waals surface area contributed by atoms with E-state index in [1.54, 1.807) is 24.3 Å². The van der Waals surface area contributed by atoms with Crippen molar-refractivity contribution in [2.45, 2.75) is 0 Å². The van der Waals surface area contributed by atoms with Gasteiger partial charge in [0, 0.05) is 40.9 Å². The Hall–Kier alpha value is -4.36. The fourth-order valence-electron chi connectivity index (χ4n) is 3.55. The number of non-ortho nitro benzene ring substituents is 1. The largest absolute Gasteiger partial charge is 0.455 e. The van der Waals surface area contributed by atoms with E-state index in [9.17, 15) is 10.1 Å². The van der Waals surface area contributed by atoms with Gasteiger partial charge in [0.1, 0.15) is 11.5 Å². The zero-order valence-corrected chi connectivity index (χ0v) is 21.0. The lowest BCUT2D eigenvalue weighted by molar-refractivity contribution is -0.384. The Kier molecular flexibility index (Phi) is 7.33. The number of hydrogen-bond acceptors (Lipinski definition) is 11. The van der Waals surface area contributed by atoms with Crippen molar-refractivity contribution in [3.63, 3.8) is 0 Å². The average Bonchev–Trinajstić information content (AvgIpc) is 3.38. The fraction of sp³-hybridized carbons (Fsp3) is 0.167. The van der Waals surface area contributed by atoms with E-state index in [2.05, 4.69) is 46.7 Å². The molecule has 1 saturated heterocycles. The number of nitro groups is 1. The van der Waals surface area contributed by atoms with Crippen LogP contribution >= 0.6 is 15.9 Å².